The smallest absolute Gasteiger partial charge is 0.315 e. The van der Waals surface area contributed by atoms with E-state index in [9.17, 15) is 9.59 Å². The summed E-state index contributed by atoms with van der Waals surface area (Å²) in [6, 6.07) is 0. The Hall–Kier alpha value is -2.02. The molecule has 6 heteroatoms. The van der Waals surface area contributed by atoms with Crippen LogP contribution in [0.3, 0.4) is 0 Å². The zero-order valence-corrected chi connectivity index (χ0v) is 8.59. The van der Waals surface area contributed by atoms with Gasteiger partial charge >= 0.3 is 11.9 Å². The zero-order chi connectivity index (χ0) is 13.4. The first-order valence-corrected chi connectivity index (χ1v) is 3.98. The van der Waals surface area contributed by atoms with Crippen LogP contribution in [0.25, 0.3) is 0 Å². The average Bonchev–Trinajstić information content (AvgIpc) is 2.18. The number of hydrogen-bond acceptors (Lipinski definition) is 4. The van der Waals surface area contributed by atoms with Gasteiger partial charge < -0.3 is 20.4 Å². The third kappa shape index (κ3) is 58.2. The molecule has 0 unspecified atom stereocenters. The lowest BCUT2D eigenvalue weighted by Crippen LogP contribution is -1.88. The predicted molar refractivity (Wildman–Crippen MR) is 56.3 cm³/mol. The predicted octanol–water partition coefficient (Wildman–Crippen LogP) is -0.840. The highest BCUT2D eigenvalue weighted by atomic mass is 16.4. The second kappa shape index (κ2) is 18.7. The van der Waals surface area contributed by atoms with Crippen LogP contribution in [0.4, 0.5) is 0 Å². The molecule has 0 saturated heterocycles. The van der Waals surface area contributed by atoms with Gasteiger partial charge in [-0.15, -0.1) is 12.8 Å². The molecule has 0 aromatic rings. The Labute approximate surface area is 93.5 Å². The molecule has 0 atom stereocenters. The lowest BCUT2D eigenvalue weighted by atomic mass is 10.5. The normalized spacial score (nSPS) is 6.75. The monoisotopic (exact) mass is 230 g/mol. The van der Waals surface area contributed by atoms with Crippen molar-refractivity contribution in [1.82, 2.24) is 0 Å². The number of carboxylic acid groups (broad SMARTS) is 2. The molecule has 6 nitrogen and oxygen atoms in total. The maximum Gasteiger partial charge on any atom is 0.315 e. The maximum atomic E-state index is 9.46. The molecule has 0 saturated carbocycles. The van der Waals surface area contributed by atoms with Crippen LogP contribution in [0.15, 0.2) is 0 Å². The molecular weight excluding hydrogens is 216 g/mol. The van der Waals surface area contributed by atoms with E-state index in [0.717, 1.165) is 0 Å². The molecule has 0 amide bonds. The lowest BCUT2D eigenvalue weighted by molar-refractivity contribution is -0.136. The number of aliphatic hydroxyl groups excluding tert-OH is 2. The molecule has 0 spiro atoms. The molecule has 4 N–H and O–H groups in total. The molecule has 90 valence electrons. The van der Waals surface area contributed by atoms with E-state index in [2.05, 4.69) is 12.8 Å². The summed E-state index contributed by atoms with van der Waals surface area (Å²) in [4.78, 5) is 18.9. The standard InChI is InChI=1S/2C4H4O2.C2H6O2/c2*1-2-3-4(5)6;3-1-2-4/h2*1H,3H2,(H,5,6);3-4H,1-2H2. The summed E-state index contributed by atoms with van der Waals surface area (Å²) in [6.45, 7) is -0.250. The van der Waals surface area contributed by atoms with Crippen molar-refractivity contribution in [1.29, 1.82) is 0 Å². The van der Waals surface area contributed by atoms with E-state index in [4.69, 9.17) is 20.4 Å². The molecule has 0 aromatic carbocycles. The van der Waals surface area contributed by atoms with Gasteiger partial charge in [0, 0.05) is 0 Å². The first kappa shape index (κ1) is 19.5. The molecule has 0 radical (unpaired) electrons. The van der Waals surface area contributed by atoms with Crippen LogP contribution in [0.5, 0.6) is 0 Å². The van der Waals surface area contributed by atoms with Crippen molar-refractivity contribution in [3.8, 4) is 24.7 Å². The fraction of sp³-hybridized carbons (Fsp3) is 0.400. The highest BCUT2D eigenvalue weighted by Crippen LogP contribution is 1.68. The topological polar surface area (TPSA) is 115 Å². The first-order valence-electron chi connectivity index (χ1n) is 3.98. The first-order chi connectivity index (χ1) is 7.45. The van der Waals surface area contributed by atoms with Gasteiger partial charge in [0.1, 0.15) is 12.8 Å². The largest absolute Gasteiger partial charge is 0.481 e. The van der Waals surface area contributed by atoms with Crippen molar-refractivity contribution in [2.75, 3.05) is 13.2 Å². The van der Waals surface area contributed by atoms with Gasteiger partial charge in [-0.3, -0.25) is 9.59 Å². The molecule has 0 aliphatic heterocycles. The van der Waals surface area contributed by atoms with Crippen LogP contribution in [-0.2, 0) is 9.59 Å². The molecule has 0 aliphatic rings. The zero-order valence-electron chi connectivity index (χ0n) is 8.59. The van der Waals surface area contributed by atoms with Crippen LogP contribution in [0.2, 0.25) is 0 Å². The molecule has 0 bridgehead atoms. The van der Waals surface area contributed by atoms with Crippen molar-refractivity contribution in [3.63, 3.8) is 0 Å². The van der Waals surface area contributed by atoms with Crippen molar-refractivity contribution in [3.05, 3.63) is 0 Å². The lowest BCUT2D eigenvalue weighted by Gasteiger charge is -1.72. The third-order valence-corrected chi connectivity index (χ3v) is 0.607. The van der Waals surface area contributed by atoms with E-state index >= 15 is 0 Å². The highest BCUT2D eigenvalue weighted by molar-refractivity contribution is 5.69. The Balaban J connectivity index is -0.000000162. The number of aliphatic carboxylic acids is 2. The Morgan fingerprint density at radius 3 is 1.12 bits per heavy atom. The fourth-order valence-electron chi connectivity index (χ4n) is 0.175. The van der Waals surface area contributed by atoms with E-state index in [1.807, 2.05) is 11.8 Å². The molecule has 0 heterocycles. The van der Waals surface area contributed by atoms with Crippen LogP contribution >= 0.6 is 0 Å². The molecule has 0 aliphatic carbocycles. The Morgan fingerprint density at radius 1 is 0.875 bits per heavy atom. The van der Waals surface area contributed by atoms with E-state index in [-0.39, 0.29) is 26.1 Å². The summed E-state index contributed by atoms with van der Waals surface area (Å²) in [6.07, 6.45) is 8.84. The van der Waals surface area contributed by atoms with E-state index < -0.39 is 11.9 Å². The number of rotatable bonds is 3. The van der Waals surface area contributed by atoms with Gasteiger partial charge in [-0.25, -0.2) is 0 Å². The average molecular weight is 230 g/mol. The van der Waals surface area contributed by atoms with Crippen molar-refractivity contribution in [2.45, 2.75) is 12.8 Å². The van der Waals surface area contributed by atoms with Gasteiger partial charge in [0.25, 0.3) is 0 Å². The summed E-state index contributed by atoms with van der Waals surface area (Å²) in [5.74, 6) is 2.04. The molecular formula is C10H14O6. The quantitative estimate of drug-likeness (QED) is 0.470. The highest BCUT2D eigenvalue weighted by Gasteiger charge is 1.85. The minimum atomic E-state index is -0.947. The van der Waals surface area contributed by atoms with Crippen LogP contribution in [0, 0.1) is 24.7 Å². The number of aliphatic hydroxyl groups is 2. The van der Waals surface area contributed by atoms with Gasteiger partial charge in [0.15, 0.2) is 0 Å². The minimum absolute atomic E-state index is 0.125. The minimum Gasteiger partial charge on any atom is -0.481 e. The van der Waals surface area contributed by atoms with Crippen molar-refractivity contribution in [2.24, 2.45) is 0 Å². The second-order valence-corrected chi connectivity index (χ2v) is 2.00. The Bertz CT molecular complexity index is 229. The van der Waals surface area contributed by atoms with Crippen LogP contribution < -0.4 is 0 Å². The van der Waals surface area contributed by atoms with Crippen molar-refractivity contribution >= 4 is 11.9 Å². The van der Waals surface area contributed by atoms with Crippen LogP contribution in [-0.4, -0.2) is 45.6 Å². The molecule has 0 rings (SSSR count). The summed E-state index contributed by atoms with van der Waals surface area (Å²) in [5.41, 5.74) is 0. The van der Waals surface area contributed by atoms with Gasteiger partial charge in [0.2, 0.25) is 0 Å². The fourth-order valence-corrected chi connectivity index (χ4v) is 0.175. The number of terminal acetylenes is 2. The third-order valence-electron chi connectivity index (χ3n) is 0.607. The Kier molecular flexibility index (Phi) is 22.8. The SMILES string of the molecule is C#CCC(=O)O.C#CCC(=O)O.OCCO. The van der Waals surface area contributed by atoms with Gasteiger partial charge in [-0.2, -0.15) is 0 Å². The second-order valence-electron chi connectivity index (χ2n) is 2.00. The summed E-state index contributed by atoms with van der Waals surface area (Å²) in [5, 5.41) is 30.8. The maximum absolute atomic E-state index is 9.46. The Morgan fingerprint density at radius 2 is 1.12 bits per heavy atom. The van der Waals surface area contributed by atoms with E-state index in [0.29, 0.717) is 0 Å². The molecule has 16 heavy (non-hydrogen) atoms. The summed E-state index contributed by atoms with van der Waals surface area (Å²) >= 11 is 0. The van der Waals surface area contributed by atoms with Crippen LogP contribution in [0.1, 0.15) is 12.8 Å². The number of hydrogen-bond donors (Lipinski definition) is 4. The molecule has 0 fully saturated rings. The van der Waals surface area contributed by atoms with Gasteiger partial charge in [0.05, 0.1) is 13.2 Å². The molecule has 0 aromatic heterocycles. The van der Waals surface area contributed by atoms with Gasteiger partial charge in [-0.1, -0.05) is 11.8 Å². The van der Waals surface area contributed by atoms with Gasteiger partial charge in [-0.05, 0) is 0 Å². The van der Waals surface area contributed by atoms with E-state index in [1.165, 1.54) is 0 Å². The van der Waals surface area contributed by atoms with E-state index in [1.54, 1.807) is 0 Å². The summed E-state index contributed by atoms with van der Waals surface area (Å²) in [7, 11) is 0. The van der Waals surface area contributed by atoms with Crippen molar-refractivity contribution < 1.29 is 30.0 Å². The number of carbonyl (C=O) groups is 2. The summed E-state index contributed by atoms with van der Waals surface area (Å²) < 4.78 is 0. The number of carboxylic acids is 2.